The Morgan fingerprint density at radius 1 is 1.05 bits per heavy atom. The second kappa shape index (κ2) is 6.85. The fourth-order valence-electron chi connectivity index (χ4n) is 2.65. The van der Waals surface area contributed by atoms with Crippen molar-refractivity contribution >= 4 is 10.0 Å². The average Bonchev–Trinajstić information content (AvgIpc) is 2.54. The SMILES string of the molecule is CCN1CCN(S(=O)(=O)c2cc(OC)c(C)cc2OC)CC1. The van der Waals surface area contributed by atoms with Crippen LogP contribution in [0.1, 0.15) is 12.5 Å². The molecule has 0 aliphatic carbocycles. The van der Waals surface area contributed by atoms with E-state index in [4.69, 9.17) is 9.47 Å². The van der Waals surface area contributed by atoms with Crippen LogP contribution in [-0.2, 0) is 10.0 Å². The van der Waals surface area contributed by atoms with Crippen molar-refractivity contribution in [1.29, 1.82) is 0 Å². The van der Waals surface area contributed by atoms with Crippen LogP contribution >= 0.6 is 0 Å². The lowest BCUT2D eigenvalue weighted by atomic mass is 10.2. The monoisotopic (exact) mass is 328 g/mol. The van der Waals surface area contributed by atoms with Gasteiger partial charge in [-0.05, 0) is 25.1 Å². The zero-order valence-electron chi connectivity index (χ0n) is 13.6. The molecule has 1 fully saturated rings. The number of methoxy groups -OCH3 is 2. The molecule has 1 aliphatic rings. The molecule has 1 aromatic rings. The molecule has 1 saturated heterocycles. The summed E-state index contributed by atoms with van der Waals surface area (Å²) in [6.07, 6.45) is 0. The second-order valence-electron chi connectivity index (χ2n) is 5.31. The summed E-state index contributed by atoms with van der Waals surface area (Å²) in [6.45, 7) is 7.37. The number of sulfonamides is 1. The van der Waals surface area contributed by atoms with Gasteiger partial charge in [0.1, 0.15) is 16.4 Å². The number of ether oxygens (including phenoxy) is 2. The minimum Gasteiger partial charge on any atom is -0.496 e. The summed E-state index contributed by atoms with van der Waals surface area (Å²) in [4.78, 5) is 2.40. The first kappa shape index (κ1) is 17.1. The third-order valence-corrected chi connectivity index (χ3v) is 6.00. The number of aryl methyl sites for hydroxylation is 1. The van der Waals surface area contributed by atoms with Gasteiger partial charge in [0, 0.05) is 32.2 Å². The van der Waals surface area contributed by atoms with Gasteiger partial charge in [-0.1, -0.05) is 6.92 Å². The molecule has 0 bridgehead atoms. The van der Waals surface area contributed by atoms with Gasteiger partial charge in [0.2, 0.25) is 10.0 Å². The van der Waals surface area contributed by atoms with E-state index in [1.54, 1.807) is 12.1 Å². The van der Waals surface area contributed by atoms with Crippen molar-refractivity contribution < 1.29 is 17.9 Å². The highest BCUT2D eigenvalue weighted by molar-refractivity contribution is 7.89. The lowest BCUT2D eigenvalue weighted by Crippen LogP contribution is -2.48. The maximum absolute atomic E-state index is 12.9. The van der Waals surface area contributed by atoms with E-state index in [-0.39, 0.29) is 4.90 Å². The maximum atomic E-state index is 12.9. The van der Waals surface area contributed by atoms with E-state index in [0.29, 0.717) is 24.6 Å². The van der Waals surface area contributed by atoms with E-state index in [9.17, 15) is 8.42 Å². The summed E-state index contributed by atoms with van der Waals surface area (Å²) in [5.41, 5.74) is 0.842. The minimum absolute atomic E-state index is 0.169. The largest absolute Gasteiger partial charge is 0.496 e. The number of hydrogen-bond acceptors (Lipinski definition) is 5. The van der Waals surface area contributed by atoms with Crippen molar-refractivity contribution in [3.05, 3.63) is 17.7 Å². The van der Waals surface area contributed by atoms with Crippen LogP contribution in [0.2, 0.25) is 0 Å². The van der Waals surface area contributed by atoms with E-state index in [1.807, 2.05) is 6.92 Å². The van der Waals surface area contributed by atoms with Gasteiger partial charge in [0.15, 0.2) is 0 Å². The van der Waals surface area contributed by atoms with E-state index in [2.05, 4.69) is 11.8 Å². The first-order chi connectivity index (χ1) is 10.4. The van der Waals surface area contributed by atoms with Gasteiger partial charge in [-0.2, -0.15) is 4.31 Å². The summed E-state index contributed by atoms with van der Waals surface area (Å²) >= 11 is 0. The molecular formula is C15H24N2O4S. The molecule has 0 amide bonds. The number of piperazine rings is 1. The van der Waals surface area contributed by atoms with Gasteiger partial charge in [-0.15, -0.1) is 0 Å². The molecule has 124 valence electrons. The van der Waals surface area contributed by atoms with Crippen molar-refractivity contribution in [3.8, 4) is 11.5 Å². The third kappa shape index (κ3) is 3.21. The van der Waals surface area contributed by atoms with Crippen LogP contribution in [0.5, 0.6) is 11.5 Å². The molecule has 0 aromatic heterocycles. The van der Waals surface area contributed by atoms with E-state index in [1.165, 1.54) is 18.5 Å². The summed E-state index contributed by atoms with van der Waals surface area (Å²) in [5, 5.41) is 0. The highest BCUT2D eigenvalue weighted by atomic mass is 32.2. The fraction of sp³-hybridized carbons (Fsp3) is 0.600. The Morgan fingerprint density at radius 3 is 2.14 bits per heavy atom. The van der Waals surface area contributed by atoms with Crippen LogP contribution in [0, 0.1) is 6.92 Å². The first-order valence-electron chi connectivity index (χ1n) is 7.39. The lowest BCUT2D eigenvalue weighted by Gasteiger charge is -2.33. The predicted octanol–water partition coefficient (Wildman–Crippen LogP) is 1.34. The number of likely N-dealkylation sites (N-methyl/N-ethyl adjacent to an activating group) is 1. The molecule has 6 nitrogen and oxygen atoms in total. The molecule has 0 radical (unpaired) electrons. The zero-order chi connectivity index (χ0) is 16.3. The van der Waals surface area contributed by atoms with E-state index < -0.39 is 10.0 Å². The van der Waals surface area contributed by atoms with Crippen molar-refractivity contribution in [2.75, 3.05) is 46.9 Å². The summed E-state index contributed by atoms with van der Waals surface area (Å²) in [5.74, 6) is 0.905. The Balaban J connectivity index is 2.37. The summed E-state index contributed by atoms with van der Waals surface area (Å²) in [7, 11) is -0.570. The van der Waals surface area contributed by atoms with E-state index in [0.717, 1.165) is 25.2 Å². The molecule has 0 spiro atoms. The van der Waals surface area contributed by atoms with Gasteiger partial charge >= 0.3 is 0 Å². The smallest absolute Gasteiger partial charge is 0.246 e. The lowest BCUT2D eigenvalue weighted by molar-refractivity contribution is 0.196. The molecule has 0 N–H and O–H groups in total. The Labute approximate surface area is 132 Å². The van der Waals surface area contributed by atoms with Crippen molar-refractivity contribution in [2.45, 2.75) is 18.7 Å². The highest BCUT2D eigenvalue weighted by Gasteiger charge is 2.31. The number of rotatable bonds is 5. The number of benzene rings is 1. The van der Waals surface area contributed by atoms with Crippen LogP contribution in [0.4, 0.5) is 0 Å². The van der Waals surface area contributed by atoms with Crippen molar-refractivity contribution in [2.24, 2.45) is 0 Å². The van der Waals surface area contributed by atoms with Crippen LogP contribution in [-0.4, -0.2) is 64.6 Å². The highest BCUT2D eigenvalue weighted by Crippen LogP contribution is 2.33. The Hall–Kier alpha value is -1.31. The molecule has 0 saturated carbocycles. The van der Waals surface area contributed by atoms with Crippen LogP contribution in [0.3, 0.4) is 0 Å². The van der Waals surface area contributed by atoms with E-state index >= 15 is 0 Å². The molecule has 2 rings (SSSR count). The topological polar surface area (TPSA) is 59.1 Å². The summed E-state index contributed by atoms with van der Waals surface area (Å²) < 4.78 is 37.9. The molecule has 0 unspecified atom stereocenters. The molecule has 1 aliphatic heterocycles. The van der Waals surface area contributed by atoms with Gasteiger partial charge in [0.05, 0.1) is 14.2 Å². The predicted molar refractivity (Wildman–Crippen MR) is 85.2 cm³/mol. The number of hydrogen-bond donors (Lipinski definition) is 0. The molecular weight excluding hydrogens is 304 g/mol. The molecule has 1 heterocycles. The van der Waals surface area contributed by atoms with Crippen LogP contribution in [0.15, 0.2) is 17.0 Å². The number of nitrogens with zero attached hydrogens (tertiary/aromatic N) is 2. The zero-order valence-corrected chi connectivity index (χ0v) is 14.4. The van der Waals surface area contributed by atoms with Gasteiger partial charge in [0.25, 0.3) is 0 Å². The van der Waals surface area contributed by atoms with Crippen LogP contribution < -0.4 is 9.47 Å². The standard InChI is InChI=1S/C15H24N2O4S/c1-5-16-6-8-17(9-7-16)22(18,19)15-11-13(20-3)12(2)10-14(15)21-4/h10-11H,5-9H2,1-4H3. The van der Waals surface area contributed by atoms with Gasteiger partial charge in [-0.3, -0.25) is 0 Å². The second-order valence-corrected chi connectivity index (χ2v) is 7.22. The Bertz CT molecular complexity index is 623. The summed E-state index contributed by atoms with van der Waals surface area (Å²) in [6, 6.07) is 3.25. The molecule has 1 aromatic carbocycles. The first-order valence-corrected chi connectivity index (χ1v) is 8.83. The quantitative estimate of drug-likeness (QED) is 0.816. The third-order valence-electron chi connectivity index (χ3n) is 4.08. The normalized spacial score (nSPS) is 17.5. The fourth-order valence-corrected chi connectivity index (χ4v) is 4.22. The van der Waals surface area contributed by atoms with Crippen LogP contribution in [0.25, 0.3) is 0 Å². The maximum Gasteiger partial charge on any atom is 0.246 e. The average molecular weight is 328 g/mol. The van der Waals surface area contributed by atoms with Gasteiger partial charge < -0.3 is 14.4 Å². The van der Waals surface area contributed by atoms with Gasteiger partial charge in [-0.25, -0.2) is 8.42 Å². The molecule has 7 heteroatoms. The van der Waals surface area contributed by atoms with Crippen molar-refractivity contribution in [1.82, 2.24) is 9.21 Å². The van der Waals surface area contributed by atoms with Crippen molar-refractivity contribution in [3.63, 3.8) is 0 Å². The Kier molecular flexibility index (Phi) is 5.31. The minimum atomic E-state index is -3.58. The molecule has 22 heavy (non-hydrogen) atoms. The Morgan fingerprint density at radius 2 is 1.64 bits per heavy atom. The molecule has 0 atom stereocenters.